The molecule has 34 heavy (non-hydrogen) atoms. The minimum Gasteiger partial charge on any atom is -0.481 e. The Bertz CT molecular complexity index is 618. The molecule has 0 saturated heterocycles. The van der Waals surface area contributed by atoms with E-state index < -0.39 is 17.9 Å². The van der Waals surface area contributed by atoms with Crippen LogP contribution in [0.1, 0.15) is 121 Å². The van der Waals surface area contributed by atoms with Crippen molar-refractivity contribution in [2.75, 3.05) is 0 Å². The number of unbranched alkanes of at least 4 members (excludes halogenated alkanes) is 14. The molecule has 6 nitrogen and oxygen atoms in total. The molecule has 0 aromatic heterocycles. The average molecular weight is 479 g/mol. The molecule has 194 valence electrons. The largest absolute Gasteiger partial charge is 0.481 e. The summed E-state index contributed by atoms with van der Waals surface area (Å²) in [7, 11) is 0. The average Bonchev–Trinajstić information content (AvgIpc) is 2.77. The van der Waals surface area contributed by atoms with Crippen LogP contribution in [0.2, 0.25) is 0 Å². The smallest absolute Gasteiger partial charge is 0.307 e. The van der Waals surface area contributed by atoms with Gasteiger partial charge in [0.15, 0.2) is 0 Å². The predicted octanol–water partition coefficient (Wildman–Crippen LogP) is 7.27. The van der Waals surface area contributed by atoms with Crippen LogP contribution in [0.25, 0.3) is 0 Å². The third-order valence-electron chi connectivity index (χ3n) is 5.73. The first kappa shape index (κ1) is 31.6. The van der Waals surface area contributed by atoms with Crippen molar-refractivity contribution in [2.45, 2.75) is 122 Å². The first-order chi connectivity index (χ1) is 16.3. The molecule has 0 heterocycles. The SMILES string of the molecule is CCCCCCCCCCCCCCCCCC(=O)O.O=C(O)Cc1ccc(CC(=O)O)cc1. The Kier molecular flexibility index (Phi) is 20.9. The second-order valence-electron chi connectivity index (χ2n) is 9.05. The Morgan fingerprint density at radius 2 is 0.794 bits per heavy atom. The normalized spacial score (nSPS) is 10.4. The van der Waals surface area contributed by atoms with Crippen LogP contribution in [0.4, 0.5) is 0 Å². The van der Waals surface area contributed by atoms with Crippen LogP contribution < -0.4 is 0 Å². The minimum absolute atomic E-state index is 0.0344. The van der Waals surface area contributed by atoms with Crippen LogP contribution in [-0.4, -0.2) is 33.2 Å². The fourth-order valence-electron chi connectivity index (χ4n) is 3.77. The van der Waals surface area contributed by atoms with Crippen molar-refractivity contribution in [3.8, 4) is 0 Å². The van der Waals surface area contributed by atoms with E-state index in [1.54, 1.807) is 24.3 Å². The maximum Gasteiger partial charge on any atom is 0.307 e. The zero-order chi connectivity index (χ0) is 25.4. The van der Waals surface area contributed by atoms with Gasteiger partial charge in [0, 0.05) is 6.42 Å². The monoisotopic (exact) mass is 478 g/mol. The summed E-state index contributed by atoms with van der Waals surface area (Å²) in [5, 5.41) is 25.5. The molecule has 0 atom stereocenters. The van der Waals surface area contributed by atoms with Crippen LogP contribution in [-0.2, 0) is 27.2 Å². The molecule has 0 aliphatic carbocycles. The molecule has 0 aliphatic rings. The number of carboxylic acid groups (broad SMARTS) is 3. The van der Waals surface area contributed by atoms with E-state index in [0.717, 1.165) is 12.8 Å². The summed E-state index contributed by atoms with van der Waals surface area (Å²) in [6, 6.07) is 6.53. The van der Waals surface area contributed by atoms with Gasteiger partial charge in [-0.2, -0.15) is 0 Å². The molecule has 0 fully saturated rings. The number of aliphatic carboxylic acids is 3. The van der Waals surface area contributed by atoms with Gasteiger partial charge in [-0.05, 0) is 17.5 Å². The van der Waals surface area contributed by atoms with E-state index >= 15 is 0 Å². The van der Waals surface area contributed by atoms with Gasteiger partial charge in [-0.1, -0.05) is 121 Å². The Labute approximate surface area is 205 Å². The van der Waals surface area contributed by atoms with Gasteiger partial charge in [0.1, 0.15) is 0 Å². The van der Waals surface area contributed by atoms with Crippen molar-refractivity contribution in [2.24, 2.45) is 0 Å². The summed E-state index contributed by atoms with van der Waals surface area (Å²) >= 11 is 0. The topological polar surface area (TPSA) is 112 Å². The van der Waals surface area contributed by atoms with E-state index in [2.05, 4.69) is 6.92 Å². The quantitative estimate of drug-likeness (QED) is 0.170. The number of benzene rings is 1. The van der Waals surface area contributed by atoms with Crippen LogP contribution >= 0.6 is 0 Å². The summed E-state index contributed by atoms with van der Waals surface area (Å²) in [6.07, 6.45) is 20.1. The second kappa shape index (κ2) is 22.4. The summed E-state index contributed by atoms with van der Waals surface area (Å²) in [4.78, 5) is 31.0. The molecule has 0 spiro atoms. The lowest BCUT2D eigenvalue weighted by molar-refractivity contribution is -0.137. The van der Waals surface area contributed by atoms with Crippen LogP contribution in [0, 0.1) is 0 Å². The van der Waals surface area contributed by atoms with Gasteiger partial charge in [-0.15, -0.1) is 0 Å². The maximum absolute atomic E-state index is 10.3. The summed E-state index contributed by atoms with van der Waals surface area (Å²) in [5.41, 5.74) is 1.35. The van der Waals surface area contributed by atoms with Crippen LogP contribution in [0.15, 0.2) is 24.3 Å². The van der Waals surface area contributed by atoms with Crippen LogP contribution in [0.3, 0.4) is 0 Å². The molecule has 0 unspecified atom stereocenters. The van der Waals surface area contributed by atoms with Crippen molar-refractivity contribution < 1.29 is 29.7 Å². The van der Waals surface area contributed by atoms with Gasteiger partial charge in [0.2, 0.25) is 0 Å². The van der Waals surface area contributed by atoms with Crippen molar-refractivity contribution in [3.63, 3.8) is 0 Å². The van der Waals surface area contributed by atoms with E-state index in [0.29, 0.717) is 17.5 Å². The molecule has 1 aromatic carbocycles. The molecule has 6 heteroatoms. The molecule has 3 N–H and O–H groups in total. The van der Waals surface area contributed by atoms with E-state index in [1.165, 1.54) is 83.5 Å². The highest BCUT2D eigenvalue weighted by Crippen LogP contribution is 2.13. The van der Waals surface area contributed by atoms with Crippen molar-refractivity contribution in [3.05, 3.63) is 35.4 Å². The van der Waals surface area contributed by atoms with E-state index in [-0.39, 0.29) is 12.8 Å². The lowest BCUT2D eigenvalue weighted by Crippen LogP contribution is -2.02. The highest BCUT2D eigenvalue weighted by Gasteiger charge is 2.02. The van der Waals surface area contributed by atoms with Gasteiger partial charge < -0.3 is 15.3 Å². The van der Waals surface area contributed by atoms with Crippen molar-refractivity contribution in [1.29, 1.82) is 0 Å². The van der Waals surface area contributed by atoms with Gasteiger partial charge in [0.25, 0.3) is 0 Å². The number of carboxylic acids is 3. The molecule has 0 radical (unpaired) electrons. The van der Waals surface area contributed by atoms with Crippen molar-refractivity contribution >= 4 is 17.9 Å². The summed E-state index contributed by atoms with van der Waals surface area (Å²) < 4.78 is 0. The van der Waals surface area contributed by atoms with E-state index in [1.807, 2.05) is 0 Å². The first-order valence-corrected chi connectivity index (χ1v) is 13.1. The third-order valence-corrected chi connectivity index (χ3v) is 5.73. The molecular weight excluding hydrogens is 432 g/mol. The van der Waals surface area contributed by atoms with Gasteiger partial charge in [-0.3, -0.25) is 14.4 Å². The van der Waals surface area contributed by atoms with Gasteiger partial charge in [0.05, 0.1) is 12.8 Å². The predicted molar refractivity (Wildman–Crippen MR) is 136 cm³/mol. The zero-order valence-corrected chi connectivity index (χ0v) is 21.1. The third kappa shape index (κ3) is 22.8. The molecule has 1 rings (SSSR count). The Hall–Kier alpha value is -2.37. The summed E-state index contributed by atoms with van der Waals surface area (Å²) in [5.74, 6) is -2.44. The highest BCUT2D eigenvalue weighted by atomic mass is 16.4. The Morgan fingerprint density at radius 3 is 1.06 bits per heavy atom. The number of carbonyl (C=O) groups is 3. The fraction of sp³-hybridized carbons (Fsp3) is 0.679. The van der Waals surface area contributed by atoms with E-state index in [9.17, 15) is 14.4 Å². The molecule has 0 aliphatic heterocycles. The first-order valence-electron chi connectivity index (χ1n) is 13.1. The number of rotatable bonds is 20. The highest BCUT2D eigenvalue weighted by molar-refractivity contribution is 5.71. The maximum atomic E-state index is 10.3. The van der Waals surface area contributed by atoms with Gasteiger partial charge in [-0.25, -0.2) is 0 Å². The number of hydrogen-bond acceptors (Lipinski definition) is 3. The molecule has 0 saturated carbocycles. The van der Waals surface area contributed by atoms with E-state index in [4.69, 9.17) is 15.3 Å². The zero-order valence-electron chi connectivity index (χ0n) is 21.1. The lowest BCUT2D eigenvalue weighted by atomic mass is 10.0. The standard InChI is InChI=1S/C18H36O2.C10H10O4/c1-2-3-4-5-6-7-8-9-10-11-12-13-14-15-16-17-18(19)20;11-9(12)5-7-1-2-8(4-3-7)6-10(13)14/h2-17H2,1H3,(H,19,20);1-4H,5-6H2,(H,11,12)(H,13,14). The molecular formula is C28H46O6. The van der Waals surface area contributed by atoms with Crippen molar-refractivity contribution in [1.82, 2.24) is 0 Å². The minimum atomic E-state index is -0.893. The molecule has 1 aromatic rings. The fourth-order valence-corrected chi connectivity index (χ4v) is 3.77. The lowest BCUT2D eigenvalue weighted by Gasteiger charge is -2.03. The van der Waals surface area contributed by atoms with Crippen LogP contribution in [0.5, 0.6) is 0 Å². The Morgan fingerprint density at radius 1 is 0.500 bits per heavy atom. The molecule has 0 amide bonds. The number of hydrogen-bond donors (Lipinski definition) is 3. The summed E-state index contributed by atoms with van der Waals surface area (Å²) in [6.45, 7) is 2.27. The Balaban J connectivity index is 0.000000679. The van der Waals surface area contributed by atoms with Gasteiger partial charge >= 0.3 is 17.9 Å². The molecule has 0 bridgehead atoms. The second-order valence-corrected chi connectivity index (χ2v) is 9.05.